The van der Waals surface area contributed by atoms with Crippen molar-refractivity contribution in [1.29, 1.82) is 0 Å². The number of ether oxygens (including phenoxy) is 2. The Labute approximate surface area is 98.3 Å². The number of hydrogen-bond acceptors (Lipinski definition) is 4. The Morgan fingerprint density at radius 3 is 2.47 bits per heavy atom. The molecule has 0 aromatic heterocycles. The van der Waals surface area contributed by atoms with Gasteiger partial charge in [-0.15, -0.1) is 0 Å². The van der Waals surface area contributed by atoms with Gasteiger partial charge in [-0.1, -0.05) is 0 Å². The molecular weight excluding hydrogens is 227 g/mol. The third-order valence-corrected chi connectivity index (χ3v) is 2.38. The van der Waals surface area contributed by atoms with Crippen molar-refractivity contribution in [3.05, 3.63) is 29.6 Å². The van der Waals surface area contributed by atoms with Crippen LogP contribution in [0.5, 0.6) is 5.75 Å². The van der Waals surface area contributed by atoms with Gasteiger partial charge in [0.05, 0.1) is 19.8 Å². The average Bonchev–Trinajstić information content (AvgIpc) is 2.35. The van der Waals surface area contributed by atoms with E-state index in [1.165, 1.54) is 33.3 Å². The third kappa shape index (κ3) is 2.81. The van der Waals surface area contributed by atoms with Gasteiger partial charge >= 0.3 is 5.97 Å². The topological polar surface area (TPSA) is 52.6 Å². The number of ketones is 1. The summed E-state index contributed by atoms with van der Waals surface area (Å²) >= 11 is 0. The molecular formula is C12H13FO4. The number of halogens is 1. The predicted octanol–water partition coefficient (Wildman–Crippen LogP) is 1.83. The number of carbonyl (C=O) groups excluding carboxylic acids is 2. The number of Topliss-reactive ketones (excluding diaryl/α,β-unsaturated/α-hetero) is 1. The van der Waals surface area contributed by atoms with E-state index in [0.717, 1.165) is 6.07 Å². The Morgan fingerprint density at radius 1 is 1.29 bits per heavy atom. The summed E-state index contributed by atoms with van der Waals surface area (Å²) in [4.78, 5) is 23.2. The number of rotatable bonds is 4. The molecule has 0 spiro atoms. The first-order valence-electron chi connectivity index (χ1n) is 4.96. The van der Waals surface area contributed by atoms with Crippen molar-refractivity contribution in [3.8, 4) is 5.75 Å². The quantitative estimate of drug-likeness (QED) is 0.457. The van der Waals surface area contributed by atoms with E-state index in [1.807, 2.05) is 0 Å². The van der Waals surface area contributed by atoms with Gasteiger partial charge in [-0.05, 0) is 25.1 Å². The molecule has 4 nitrogen and oxygen atoms in total. The monoisotopic (exact) mass is 240 g/mol. The van der Waals surface area contributed by atoms with Crippen LogP contribution in [0.15, 0.2) is 18.2 Å². The summed E-state index contributed by atoms with van der Waals surface area (Å²) < 4.78 is 22.5. The Bertz CT molecular complexity index is 442. The molecule has 0 saturated carbocycles. The van der Waals surface area contributed by atoms with Crippen LogP contribution in [0.3, 0.4) is 0 Å². The minimum Gasteiger partial charge on any atom is -0.496 e. The second-order valence-electron chi connectivity index (χ2n) is 3.45. The first-order chi connectivity index (χ1) is 8.01. The number of esters is 1. The molecule has 92 valence electrons. The SMILES string of the molecule is COC(=O)C(C)C(=O)c1cc(F)ccc1OC. The molecule has 0 saturated heterocycles. The van der Waals surface area contributed by atoms with Crippen LogP contribution in [0.4, 0.5) is 4.39 Å². The summed E-state index contributed by atoms with van der Waals surface area (Å²) in [7, 11) is 2.56. The van der Waals surface area contributed by atoms with Crippen LogP contribution in [-0.2, 0) is 9.53 Å². The van der Waals surface area contributed by atoms with Gasteiger partial charge in [-0.3, -0.25) is 9.59 Å². The van der Waals surface area contributed by atoms with Crippen LogP contribution in [0.25, 0.3) is 0 Å². The third-order valence-electron chi connectivity index (χ3n) is 2.38. The molecule has 0 amide bonds. The largest absolute Gasteiger partial charge is 0.496 e. The maximum atomic E-state index is 13.1. The number of methoxy groups -OCH3 is 2. The maximum Gasteiger partial charge on any atom is 0.316 e. The summed E-state index contributed by atoms with van der Waals surface area (Å²) in [6.45, 7) is 1.40. The van der Waals surface area contributed by atoms with Crippen LogP contribution >= 0.6 is 0 Å². The zero-order valence-electron chi connectivity index (χ0n) is 9.82. The van der Waals surface area contributed by atoms with Crippen LogP contribution < -0.4 is 4.74 Å². The lowest BCUT2D eigenvalue weighted by Gasteiger charge is -2.11. The average molecular weight is 240 g/mol. The molecule has 1 atom stereocenters. The van der Waals surface area contributed by atoms with Crippen LogP contribution in [0.2, 0.25) is 0 Å². The number of carbonyl (C=O) groups is 2. The van der Waals surface area contributed by atoms with Crippen molar-refractivity contribution in [3.63, 3.8) is 0 Å². The van der Waals surface area contributed by atoms with E-state index in [9.17, 15) is 14.0 Å². The highest BCUT2D eigenvalue weighted by molar-refractivity contribution is 6.09. The van der Waals surface area contributed by atoms with Gasteiger partial charge in [0.25, 0.3) is 0 Å². The van der Waals surface area contributed by atoms with Crippen LogP contribution in [-0.4, -0.2) is 26.0 Å². The lowest BCUT2D eigenvalue weighted by Crippen LogP contribution is -2.23. The minimum atomic E-state index is -0.990. The number of hydrogen-bond donors (Lipinski definition) is 0. The summed E-state index contributed by atoms with van der Waals surface area (Å²) in [6.07, 6.45) is 0. The van der Waals surface area contributed by atoms with Crippen molar-refractivity contribution in [2.75, 3.05) is 14.2 Å². The molecule has 1 unspecified atom stereocenters. The van der Waals surface area contributed by atoms with E-state index in [-0.39, 0.29) is 11.3 Å². The molecule has 0 fully saturated rings. The minimum absolute atomic E-state index is 0.0328. The molecule has 5 heteroatoms. The molecule has 0 N–H and O–H groups in total. The van der Waals surface area contributed by atoms with Gasteiger partial charge in [0.15, 0.2) is 5.78 Å². The molecule has 0 radical (unpaired) electrons. The lowest BCUT2D eigenvalue weighted by atomic mass is 9.98. The molecule has 0 aliphatic carbocycles. The first kappa shape index (κ1) is 13.2. The van der Waals surface area contributed by atoms with Crippen LogP contribution in [0, 0.1) is 11.7 Å². The molecule has 0 bridgehead atoms. The standard InChI is InChI=1S/C12H13FO4/c1-7(12(15)17-3)11(14)9-6-8(13)4-5-10(9)16-2/h4-7H,1-3H3. The van der Waals surface area contributed by atoms with E-state index in [4.69, 9.17) is 4.74 Å². The molecule has 17 heavy (non-hydrogen) atoms. The van der Waals surface area contributed by atoms with Crippen molar-refractivity contribution in [1.82, 2.24) is 0 Å². The van der Waals surface area contributed by atoms with E-state index in [1.54, 1.807) is 0 Å². The molecule has 1 rings (SSSR count). The second-order valence-corrected chi connectivity index (χ2v) is 3.45. The van der Waals surface area contributed by atoms with Crippen LogP contribution in [0.1, 0.15) is 17.3 Å². The first-order valence-corrected chi connectivity index (χ1v) is 4.96. The molecule has 0 heterocycles. The molecule has 0 aliphatic rings. The zero-order chi connectivity index (χ0) is 13.0. The summed E-state index contributed by atoms with van der Waals surface area (Å²) in [6, 6.07) is 3.56. The smallest absolute Gasteiger partial charge is 0.316 e. The molecule has 1 aromatic carbocycles. The lowest BCUT2D eigenvalue weighted by molar-refractivity contribution is -0.143. The highest BCUT2D eigenvalue weighted by Crippen LogP contribution is 2.22. The fourth-order valence-corrected chi connectivity index (χ4v) is 1.39. The Balaban J connectivity index is 3.10. The van der Waals surface area contributed by atoms with Gasteiger partial charge < -0.3 is 9.47 Å². The predicted molar refractivity (Wildman–Crippen MR) is 58.5 cm³/mol. The summed E-state index contributed by atoms with van der Waals surface area (Å²) in [5.74, 6) is -2.52. The second kappa shape index (κ2) is 5.43. The number of benzene rings is 1. The van der Waals surface area contributed by atoms with E-state index in [0.29, 0.717) is 0 Å². The fraction of sp³-hybridized carbons (Fsp3) is 0.333. The summed E-state index contributed by atoms with van der Waals surface area (Å²) in [5.41, 5.74) is 0.0328. The highest BCUT2D eigenvalue weighted by atomic mass is 19.1. The maximum absolute atomic E-state index is 13.1. The van der Waals surface area contributed by atoms with Crippen molar-refractivity contribution >= 4 is 11.8 Å². The summed E-state index contributed by atoms with van der Waals surface area (Å²) in [5, 5.41) is 0. The Hall–Kier alpha value is -1.91. The van der Waals surface area contributed by atoms with Gasteiger partial charge in [-0.25, -0.2) is 4.39 Å². The fourth-order valence-electron chi connectivity index (χ4n) is 1.39. The van der Waals surface area contributed by atoms with E-state index < -0.39 is 23.5 Å². The van der Waals surface area contributed by atoms with Gasteiger partial charge in [-0.2, -0.15) is 0 Å². The van der Waals surface area contributed by atoms with E-state index >= 15 is 0 Å². The Morgan fingerprint density at radius 2 is 1.94 bits per heavy atom. The van der Waals surface area contributed by atoms with Gasteiger partial charge in [0, 0.05) is 0 Å². The van der Waals surface area contributed by atoms with Gasteiger partial charge in [0.2, 0.25) is 0 Å². The normalized spacial score (nSPS) is 11.8. The van der Waals surface area contributed by atoms with Crippen molar-refractivity contribution in [2.45, 2.75) is 6.92 Å². The Kier molecular flexibility index (Phi) is 4.20. The van der Waals surface area contributed by atoms with Crippen molar-refractivity contribution in [2.24, 2.45) is 5.92 Å². The van der Waals surface area contributed by atoms with Gasteiger partial charge in [0.1, 0.15) is 17.5 Å². The van der Waals surface area contributed by atoms with Crippen molar-refractivity contribution < 1.29 is 23.5 Å². The molecule has 0 aliphatic heterocycles. The highest BCUT2D eigenvalue weighted by Gasteiger charge is 2.26. The zero-order valence-corrected chi connectivity index (χ0v) is 9.82. The van der Waals surface area contributed by atoms with E-state index in [2.05, 4.69) is 4.74 Å². The molecule has 1 aromatic rings.